The van der Waals surface area contributed by atoms with E-state index < -0.39 is 41.9 Å². The molecule has 1 heterocycles. The Kier molecular flexibility index (Phi) is 13.3. The van der Waals surface area contributed by atoms with Gasteiger partial charge in [0.25, 0.3) is 11.9 Å². The van der Waals surface area contributed by atoms with Gasteiger partial charge in [-0.3, -0.25) is 24.0 Å². The molecule has 0 aromatic carbocycles. The fourth-order valence-electron chi connectivity index (χ4n) is 2.10. The number of carbonyl (C=O) groups is 5. The van der Waals surface area contributed by atoms with Gasteiger partial charge in [0.1, 0.15) is 6.61 Å². The first-order valence-corrected chi connectivity index (χ1v) is 7.44. The molecule has 0 amide bonds. The lowest BCUT2D eigenvalue weighted by Gasteiger charge is -2.19. The normalized spacial score (nSPS) is 20.5. The number of hydrogen-bond acceptors (Lipinski definition) is 7. The van der Waals surface area contributed by atoms with Crippen LogP contribution < -0.4 is 0 Å². The van der Waals surface area contributed by atoms with E-state index >= 15 is 0 Å². The predicted molar refractivity (Wildman–Crippen MR) is 84.5 cm³/mol. The van der Waals surface area contributed by atoms with E-state index in [0.717, 1.165) is 13.8 Å². The Balaban J connectivity index is 0. The summed E-state index contributed by atoms with van der Waals surface area (Å²) in [6.07, 6.45) is -0.882. The van der Waals surface area contributed by atoms with Crippen molar-refractivity contribution in [1.29, 1.82) is 0 Å². The van der Waals surface area contributed by atoms with Gasteiger partial charge in [-0.25, -0.2) is 0 Å². The predicted octanol–water partition coefficient (Wildman–Crippen LogP) is 0.312. The lowest BCUT2D eigenvalue weighted by atomic mass is 9.86. The van der Waals surface area contributed by atoms with Gasteiger partial charge >= 0.3 is 17.9 Å². The molecule has 1 rings (SSSR count). The van der Waals surface area contributed by atoms with Crippen molar-refractivity contribution < 1.29 is 53.9 Å². The Bertz CT molecular complexity index is 480. The summed E-state index contributed by atoms with van der Waals surface area (Å²) < 4.78 is 10.1. The van der Waals surface area contributed by atoms with Crippen LogP contribution in [-0.4, -0.2) is 69.6 Å². The summed E-state index contributed by atoms with van der Waals surface area (Å²) in [6, 6.07) is 0. The van der Waals surface area contributed by atoms with Crippen LogP contribution in [0.5, 0.6) is 0 Å². The van der Waals surface area contributed by atoms with Crippen molar-refractivity contribution in [3.8, 4) is 0 Å². The van der Waals surface area contributed by atoms with Crippen LogP contribution in [-0.2, 0) is 33.4 Å². The molecule has 1 aliphatic rings. The maximum Gasteiger partial charge on any atom is 0.303 e. The van der Waals surface area contributed by atoms with Gasteiger partial charge < -0.3 is 29.9 Å². The van der Waals surface area contributed by atoms with Crippen molar-refractivity contribution in [1.82, 2.24) is 0 Å². The van der Waals surface area contributed by atoms with E-state index in [0.29, 0.717) is 0 Å². The SMILES string of the molecule is CC(=O)O.CC(=O)O.CC(=O)OCC1OCC(CC(=O)O)C1CC(=O)O. The minimum absolute atomic E-state index is 0.0383. The molecular formula is C15H24O11. The summed E-state index contributed by atoms with van der Waals surface area (Å²) >= 11 is 0. The van der Waals surface area contributed by atoms with Gasteiger partial charge in [-0.15, -0.1) is 0 Å². The average Bonchev–Trinajstić information content (AvgIpc) is 2.76. The maximum absolute atomic E-state index is 10.8. The van der Waals surface area contributed by atoms with Crippen molar-refractivity contribution >= 4 is 29.8 Å². The van der Waals surface area contributed by atoms with E-state index in [1.807, 2.05) is 0 Å². The van der Waals surface area contributed by atoms with E-state index in [2.05, 4.69) is 0 Å². The lowest BCUT2D eigenvalue weighted by Crippen LogP contribution is -2.29. The van der Waals surface area contributed by atoms with E-state index in [4.69, 9.17) is 39.5 Å². The van der Waals surface area contributed by atoms with E-state index in [9.17, 15) is 14.4 Å². The largest absolute Gasteiger partial charge is 0.481 e. The highest BCUT2D eigenvalue weighted by atomic mass is 16.6. The molecule has 150 valence electrons. The molecule has 0 spiro atoms. The molecule has 11 nitrogen and oxygen atoms in total. The molecule has 0 radical (unpaired) electrons. The summed E-state index contributed by atoms with van der Waals surface area (Å²) in [6.45, 7) is 3.55. The molecule has 26 heavy (non-hydrogen) atoms. The van der Waals surface area contributed by atoms with Gasteiger partial charge in [0.05, 0.1) is 25.6 Å². The minimum atomic E-state index is -1.02. The van der Waals surface area contributed by atoms with Crippen LogP contribution in [0, 0.1) is 11.8 Å². The number of ether oxygens (including phenoxy) is 2. The molecule has 1 aliphatic heterocycles. The Morgan fingerprint density at radius 1 is 0.885 bits per heavy atom. The van der Waals surface area contributed by atoms with E-state index in [1.165, 1.54) is 6.92 Å². The second-order valence-corrected chi connectivity index (χ2v) is 5.33. The van der Waals surface area contributed by atoms with Crippen LogP contribution in [0.4, 0.5) is 0 Å². The number of carbonyl (C=O) groups excluding carboxylic acids is 1. The molecule has 0 aliphatic carbocycles. The molecule has 0 aromatic heterocycles. The quantitative estimate of drug-likeness (QED) is 0.465. The third kappa shape index (κ3) is 16.2. The highest BCUT2D eigenvalue weighted by Gasteiger charge is 2.40. The maximum atomic E-state index is 10.8. The number of esters is 1. The Morgan fingerprint density at radius 2 is 1.31 bits per heavy atom. The first kappa shape index (κ1) is 25.5. The third-order valence-electron chi connectivity index (χ3n) is 2.91. The monoisotopic (exact) mass is 380 g/mol. The molecule has 3 unspecified atom stereocenters. The number of rotatable bonds is 6. The van der Waals surface area contributed by atoms with Crippen LogP contribution in [0.3, 0.4) is 0 Å². The first-order valence-electron chi connectivity index (χ1n) is 7.44. The van der Waals surface area contributed by atoms with Gasteiger partial charge in [0, 0.05) is 26.7 Å². The van der Waals surface area contributed by atoms with Gasteiger partial charge in [-0.1, -0.05) is 0 Å². The van der Waals surface area contributed by atoms with Crippen LogP contribution in [0.25, 0.3) is 0 Å². The highest BCUT2D eigenvalue weighted by molar-refractivity contribution is 5.69. The molecule has 0 saturated carbocycles. The summed E-state index contributed by atoms with van der Waals surface area (Å²) in [5, 5.41) is 32.4. The van der Waals surface area contributed by atoms with Gasteiger partial charge in [-0.05, 0) is 5.92 Å². The van der Waals surface area contributed by atoms with Crippen LogP contribution in [0.2, 0.25) is 0 Å². The lowest BCUT2D eigenvalue weighted by molar-refractivity contribution is -0.146. The molecule has 11 heteroatoms. The summed E-state index contributed by atoms with van der Waals surface area (Å²) in [4.78, 5) is 50.1. The standard InChI is InChI=1S/C11H16O7.2C2H4O2/c1-6(12)17-5-9-8(3-11(15)16)7(4-18-9)2-10(13)14;2*1-2(3)4/h7-9H,2-5H2,1H3,(H,13,14)(H,15,16);2*1H3,(H,3,4). The molecule has 1 saturated heterocycles. The van der Waals surface area contributed by atoms with Crippen LogP contribution in [0.1, 0.15) is 33.6 Å². The van der Waals surface area contributed by atoms with Crippen molar-refractivity contribution in [2.24, 2.45) is 11.8 Å². The van der Waals surface area contributed by atoms with Gasteiger partial charge in [-0.2, -0.15) is 0 Å². The van der Waals surface area contributed by atoms with Crippen LogP contribution in [0.15, 0.2) is 0 Å². The summed E-state index contributed by atoms with van der Waals surface area (Å²) in [7, 11) is 0. The topological polar surface area (TPSA) is 185 Å². The Morgan fingerprint density at radius 3 is 1.65 bits per heavy atom. The number of aliphatic carboxylic acids is 4. The summed E-state index contributed by atoms with van der Waals surface area (Å²) in [5.74, 6) is -4.97. The average molecular weight is 380 g/mol. The zero-order valence-corrected chi connectivity index (χ0v) is 14.7. The molecule has 0 bridgehead atoms. The van der Waals surface area contributed by atoms with Crippen LogP contribution >= 0.6 is 0 Å². The fourth-order valence-corrected chi connectivity index (χ4v) is 2.10. The number of carboxylic acids is 4. The van der Waals surface area contributed by atoms with Gasteiger partial charge in [0.2, 0.25) is 0 Å². The van der Waals surface area contributed by atoms with Crippen molar-refractivity contribution in [2.75, 3.05) is 13.2 Å². The smallest absolute Gasteiger partial charge is 0.303 e. The molecule has 0 aromatic rings. The summed E-state index contributed by atoms with van der Waals surface area (Å²) in [5.41, 5.74) is 0. The molecule has 1 fully saturated rings. The number of carboxylic acid groups (broad SMARTS) is 4. The molecule has 3 atom stereocenters. The zero-order valence-electron chi connectivity index (χ0n) is 14.7. The van der Waals surface area contributed by atoms with Gasteiger partial charge in [0.15, 0.2) is 0 Å². The number of hydrogen-bond donors (Lipinski definition) is 4. The fraction of sp³-hybridized carbons (Fsp3) is 0.667. The van der Waals surface area contributed by atoms with Crippen molar-refractivity contribution in [3.63, 3.8) is 0 Å². The van der Waals surface area contributed by atoms with Crippen molar-refractivity contribution in [2.45, 2.75) is 39.7 Å². The zero-order chi connectivity index (χ0) is 20.9. The Hall–Kier alpha value is -2.69. The molecule has 4 N–H and O–H groups in total. The molecular weight excluding hydrogens is 356 g/mol. The second-order valence-electron chi connectivity index (χ2n) is 5.33. The van der Waals surface area contributed by atoms with Crippen molar-refractivity contribution in [3.05, 3.63) is 0 Å². The Labute approximate surface area is 149 Å². The third-order valence-corrected chi connectivity index (χ3v) is 2.91. The second kappa shape index (κ2) is 13.6. The minimum Gasteiger partial charge on any atom is -0.481 e. The highest BCUT2D eigenvalue weighted by Crippen LogP contribution is 2.32. The van der Waals surface area contributed by atoms with E-state index in [1.54, 1.807) is 0 Å². The first-order chi connectivity index (χ1) is 11.9. The van der Waals surface area contributed by atoms with E-state index in [-0.39, 0.29) is 32.0 Å².